The van der Waals surface area contributed by atoms with Gasteiger partial charge in [0.1, 0.15) is 0 Å². The molecule has 132 valence electrons. The van der Waals surface area contributed by atoms with E-state index < -0.39 is 0 Å². The van der Waals surface area contributed by atoms with Crippen LogP contribution in [0, 0.1) is 0 Å². The third-order valence-electron chi connectivity index (χ3n) is 3.87. The van der Waals surface area contributed by atoms with Crippen molar-refractivity contribution in [1.82, 2.24) is 0 Å². The van der Waals surface area contributed by atoms with Crippen molar-refractivity contribution in [3.05, 3.63) is 12.2 Å². The Labute approximate surface area is 153 Å². The molecule has 0 aromatic heterocycles. The van der Waals surface area contributed by atoms with Crippen molar-refractivity contribution in [2.75, 3.05) is 7.11 Å². The fourth-order valence-corrected chi connectivity index (χ4v) is 2.44. The first kappa shape index (κ1) is 24.9. The molecule has 0 amide bonds. The summed E-state index contributed by atoms with van der Waals surface area (Å²) in [5, 5.41) is 0. The Kier molecular flexibility index (Phi) is 25.8. The SMILES string of the molecule is CCCCCCC/C=C\CCCCCCCCC(=O)OC.[O]=[Zn]. The van der Waals surface area contributed by atoms with Gasteiger partial charge in [-0.15, -0.1) is 0 Å². The molecule has 0 spiro atoms. The number of carbonyl (C=O) groups excluding carboxylic acids is 1. The zero-order chi connectivity index (χ0) is 17.6. The normalized spacial score (nSPS) is 10.4. The van der Waals surface area contributed by atoms with Gasteiger partial charge >= 0.3 is 27.8 Å². The first-order valence-electron chi connectivity index (χ1n) is 9.32. The Morgan fingerprint density at radius 2 is 1.22 bits per heavy atom. The van der Waals surface area contributed by atoms with Crippen LogP contribution < -0.4 is 0 Å². The van der Waals surface area contributed by atoms with Gasteiger partial charge in [-0.1, -0.05) is 70.4 Å². The van der Waals surface area contributed by atoms with Gasteiger partial charge in [-0.25, -0.2) is 0 Å². The first-order chi connectivity index (χ1) is 11.3. The van der Waals surface area contributed by atoms with Crippen LogP contribution in [0.25, 0.3) is 0 Å². The molecule has 0 atom stereocenters. The van der Waals surface area contributed by atoms with Crippen LogP contribution in [0.1, 0.15) is 96.8 Å². The summed E-state index contributed by atoms with van der Waals surface area (Å²) in [5.74, 6) is -0.0742. The average molecular weight is 378 g/mol. The summed E-state index contributed by atoms with van der Waals surface area (Å²) in [5.41, 5.74) is 0. The van der Waals surface area contributed by atoms with Gasteiger partial charge in [0.15, 0.2) is 0 Å². The molecule has 23 heavy (non-hydrogen) atoms. The van der Waals surface area contributed by atoms with Gasteiger partial charge in [0.05, 0.1) is 7.11 Å². The van der Waals surface area contributed by atoms with Crippen molar-refractivity contribution in [2.45, 2.75) is 96.8 Å². The molecule has 0 aliphatic heterocycles. The Morgan fingerprint density at radius 1 is 0.783 bits per heavy atom. The Bertz CT molecular complexity index is 267. The van der Waals surface area contributed by atoms with Crippen LogP contribution in [0.3, 0.4) is 0 Å². The van der Waals surface area contributed by atoms with E-state index in [1.807, 2.05) is 0 Å². The van der Waals surface area contributed by atoms with E-state index in [-0.39, 0.29) is 24.2 Å². The van der Waals surface area contributed by atoms with Gasteiger partial charge in [-0.3, -0.25) is 4.79 Å². The number of unbranched alkanes of at least 4 members (excludes halogenated alkanes) is 11. The van der Waals surface area contributed by atoms with Crippen LogP contribution in [0.15, 0.2) is 12.2 Å². The van der Waals surface area contributed by atoms with Crippen LogP contribution in [0.4, 0.5) is 0 Å². The maximum atomic E-state index is 10.9. The summed E-state index contributed by atoms with van der Waals surface area (Å²) in [6.45, 7) is 2.26. The van der Waals surface area contributed by atoms with Crippen molar-refractivity contribution in [2.24, 2.45) is 0 Å². The van der Waals surface area contributed by atoms with Crippen LogP contribution in [0.5, 0.6) is 0 Å². The molecule has 0 fully saturated rings. The van der Waals surface area contributed by atoms with E-state index in [4.69, 9.17) is 3.57 Å². The van der Waals surface area contributed by atoms with Crippen LogP contribution >= 0.6 is 0 Å². The molecule has 0 aromatic carbocycles. The summed E-state index contributed by atoms with van der Waals surface area (Å²) in [4.78, 5) is 10.9. The number of allylic oxidation sites excluding steroid dienone is 2. The number of methoxy groups -OCH3 is 1. The molecule has 0 unspecified atom stereocenters. The summed E-state index contributed by atoms with van der Waals surface area (Å²) >= 11 is 0.125. The molecule has 0 rings (SSSR count). The van der Waals surface area contributed by atoms with Gasteiger partial charge in [-0.2, -0.15) is 0 Å². The van der Waals surface area contributed by atoms with E-state index in [0.29, 0.717) is 6.42 Å². The first-order valence-corrected chi connectivity index (χ1v) is 10.5. The van der Waals surface area contributed by atoms with Gasteiger partial charge in [-0.05, 0) is 32.1 Å². The molecule has 3 nitrogen and oxygen atoms in total. The molecule has 0 bridgehead atoms. The molecule has 0 aliphatic carbocycles. The van der Waals surface area contributed by atoms with Crippen LogP contribution in [0.2, 0.25) is 0 Å². The van der Waals surface area contributed by atoms with Crippen molar-refractivity contribution < 1.29 is 31.4 Å². The van der Waals surface area contributed by atoms with Crippen molar-refractivity contribution in [1.29, 1.82) is 0 Å². The number of carbonyl (C=O) groups is 1. The van der Waals surface area contributed by atoms with E-state index in [2.05, 4.69) is 23.8 Å². The van der Waals surface area contributed by atoms with E-state index >= 15 is 0 Å². The number of esters is 1. The van der Waals surface area contributed by atoms with Gasteiger partial charge in [0.25, 0.3) is 0 Å². The van der Waals surface area contributed by atoms with E-state index in [1.165, 1.54) is 77.7 Å². The molecule has 0 saturated heterocycles. The third-order valence-corrected chi connectivity index (χ3v) is 3.87. The van der Waals surface area contributed by atoms with Crippen molar-refractivity contribution in [3.8, 4) is 0 Å². The van der Waals surface area contributed by atoms with Crippen molar-refractivity contribution >= 4 is 5.97 Å². The zero-order valence-electron chi connectivity index (χ0n) is 15.5. The van der Waals surface area contributed by atoms with Gasteiger partial charge in [0.2, 0.25) is 0 Å². The second-order valence-electron chi connectivity index (χ2n) is 5.91. The molecule has 0 radical (unpaired) electrons. The quantitative estimate of drug-likeness (QED) is 0.150. The standard InChI is InChI=1S/C19H36O2.O.Zn/c1-3-4-5-6-7-8-9-10-11-12-13-14-15-16-17-18-19(20)21-2;;/h9-10H,3-8,11-18H2,1-2H3;;/b10-9-;;. The third kappa shape index (κ3) is 24.0. The summed E-state index contributed by atoms with van der Waals surface area (Å²) < 4.78 is 13.0. The monoisotopic (exact) mass is 376 g/mol. The zero-order valence-corrected chi connectivity index (χ0v) is 18.5. The molecule has 0 saturated carbocycles. The number of hydrogen-bond acceptors (Lipinski definition) is 3. The van der Waals surface area contributed by atoms with Gasteiger partial charge in [0, 0.05) is 6.42 Å². The van der Waals surface area contributed by atoms with E-state index in [9.17, 15) is 4.79 Å². The van der Waals surface area contributed by atoms with E-state index in [1.54, 1.807) is 0 Å². The van der Waals surface area contributed by atoms with E-state index in [0.717, 1.165) is 12.8 Å². The molecule has 0 aromatic rings. The van der Waals surface area contributed by atoms with Crippen molar-refractivity contribution in [3.63, 3.8) is 0 Å². The Balaban J connectivity index is 0. The number of ether oxygens (including phenoxy) is 1. The summed E-state index contributed by atoms with van der Waals surface area (Å²) in [7, 11) is 1.46. The van der Waals surface area contributed by atoms with Crippen LogP contribution in [-0.4, -0.2) is 13.1 Å². The Morgan fingerprint density at radius 3 is 1.70 bits per heavy atom. The number of rotatable bonds is 15. The fraction of sp³-hybridized carbons (Fsp3) is 0.842. The fourth-order valence-electron chi connectivity index (χ4n) is 2.44. The molecular formula is C19H36O3Zn. The predicted octanol–water partition coefficient (Wildman–Crippen LogP) is 6.08. The molecular weight excluding hydrogens is 342 g/mol. The minimum absolute atomic E-state index is 0.0742. The molecule has 0 aliphatic rings. The summed E-state index contributed by atoms with van der Waals surface area (Å²) in [6, 6.07) is 0. The Hall–Kier alpha value is -0.367. The minimum atomic E-state index is -0.0742. The molecule has 0 N–H and O–H groups in total. The topological polar surface area (TPSA) is 43.4 Å². The summed E-state index contributed by atoms with van der Waals surface area (Å²) in [6.07, 6.45) is 22.0. The average Bonchev–Trinajstić information content (AvgIpc) is 2.59. The molecule has 0 heterocycles. The predicted molar refractivity (Wildman–Crippen MR) is 92.2 cm³/mol. The number of hydrogen-bond donors (Lipinski definition) is 0. The second kappa shape index (κ2) is 23.9. The van der Waals surface area contributed by atoms with Crippen LogP contribution in [-0.2, 0) is 31.4 Å². The van der Waals surface area contributed by atoms with Gasteiger partial charge < -0.3 is 4.74 Å². The maximum absolute atomic E-state index is 10.9. The molecule has 4 heteroatoms. The second-order valence-corrected chi connectivity index (χ2v) is 5.91.